The number of hydrogen-bond acceptors (Lipinski definition) is 11. The Labute approximate surface area is 201 Å². The average Bonchev–Trinajstić information content (AvgIpc) is 2.86. The van der Waals surface area contributed by atoms with Crippen molar-refractivity contribution >= 4 is 23.4 Å². The van der Waals surface area contributed by atoms with Gasteiger partial charge in [0.2, 0.25) is 5.95 Å². The van der Waals surface area contributed by atoms with E-state index in [1.54, 1.807) is 24.3 Å². The van der Waals surface area contributed by atoms with Crippen molar-refractivity contribution in [3.63, 3.8) is 0 Å². The number of rotatable bonds is 11. The van der Waals surface area contributed by atoms with Gasteiger partial charge in [-0.2, -0.15) is 5.26 Å². The molecule has 3 aromatic rings. The van der Waals surface area contributed by atoms with Crippen LogP contribution in [0, 0.1) is 21.4 Å². The molecule has 0 amide bonds. The van der Waals surface area contributed by atoms with E-state index in [1.807, 2.05) is 19.0 Å². The van der Waals surface area contributed by atoms with E-state index in [9.17, 15) is 14.9 Å². The summed E-state index contributed by atoms with van der Waals surface area (Å²) in [5.74, 6) is 0.253. The van der Waals surface area contributed by atoms with Gasteiger partial charge in [0, 0.05) is 37.5 Å². The molecule has 2 heterocycles. The van der Waals surface area contributed by atoms with Gasteiger partial charge in [-0.15, -0.1) is 0 Å². The predicted octanol–water partition coefficient (Wildman–Crippen LogP) is 2.56. The zero-order valence-corrected chi connectivity index (χ0v) is 19.3. The summed E-state index contributed by atoms with van der Waals surface area (Å²) in [5.41, 5.74) is 1.64. The van der Waals surface area contributed by atoms with Crippen molar-refractivity contribution in [2.75, 3.05) is 51.0 Å². The fourth-order valence-corrected chi connectivity index (χ4v) is 2.90. The highest BCUT2D eigenvalue weighted by Gasteiger charge is 2.18. The smallest absolute Gasteiger partial charge is 0.341 e. The molecule has 0 saturated heterocycles. The molecule has 0 saturated carbocycles. The minimum atomic E-state index is -0.538. The maximum atomic E-state index is 12.7. The summed E-state index contributed by atoms with van der Waals surface area (Å²) < 4.78 is 5.36. The molecular formula is C23H24N8O4. The summed E-state index contributed by atoms with van der Waals surface area (Å²) in [6.45, 7) is 1.66. The van der Waals surface area contributed by atoms with E-state index >= 15 is 0 Å². The second-order valence-electron chi connectivity index (χ2n) is 7.60. The van der Waals surface area contributed by atoms with Crippen molar-refractivity contribution in [3.05, 3.63) is 70.0 Å². The topological polar surface area (TPSA) is 159 Å². The minimum absolute atomic E-state index is 0.0854. The van der Waals surface area contributed by atoms with E-state index in [1.165, 1.54) is 24.5 Å². The molecular weight excluding hydrogens is 452 g/mol. The van der Waals surface area contributed by atoms with Crippen LogP contribution in [0.25, 0.3) is 11.3 Å². The molecule has 0 aliphatic carbocycles. The number of anilines is 2. The zero-order chi connectivity index (χ0) is 25.2. The van der Waals surface area contributed by atoms with Crippen LogP contribution in [0.15, 0.2) is 48.8 Å². The number of esters is 1. The van der Waals surface area contributed by atoms with Crippen LogP contribution in [-0.4, -0.2) is 71.1 Å². The van der Waals surface area contributed by atoms with Crippen LogP contribution >= 0.6 is 0 Å². The molecule has 0 fully saturated rings. The quantitative estimate of drug-likeness (QED) is 0.181. The molecule has 3 rings (SSSR count). The predicted molar refractivity (Wildman–Crippen MR) is 129 cm³/mol. The summed E-state index contributed by atoms with van der Waals surface area (Å²) in [5, 5.41) is 25.9. The number of pyridine rings is 1. The Morgan fingerprint density at radius 2 is 1.86 bits per heavy atom. The van der Waals surface area contributed by atoms with Crippen LogP contribution in [0.2, 0.25) is 0 Å². The highest BCUT2D eigenvalue weighted by atomic mass is 16.6. The summed E-state index contributed by atoms with van der Waals surface area (Å²) in [6.07, 6.45) is 2.59. The molecule has 180 valence electrons. The third-order valence-electron chi connectivity index (χ3n) is 4.74. The van der Waals surface area contributed by atoms with Gasteiger partial charge in [0.25, 0.3) is 5.69 Å². The molecule has 1 aromatic carbocycles. The Balaban J connectivity index is 1.70. The maximum absolute atomic E-state index is 12.7. The number of nitrogens with one attached hydrogen (secondary N) is 2. The summed E-state index contributed by atoms with van der Waals surface area (Å²) in [6, 6.07) is 11.7. The monoisotopic (exact) mass is 476 g/mol. The van der Waals surface area contributed by atoms with Gasteiger partial charge in [-0.25, -0.2) is 19.7 Å². The van der Waals surface area contributed by atoms with Crippen molar-refractivity contribution < 1.29 is 14.5 Å². The second kappa shape index (κ2) is 12.0. The summed E-state index contributed by atoms with van der Waals surface area (Å²) >= 11 is 0. The Hall–Kier alpha value is -4.63. The molecule has 2 N–H and O–H groups in total. The molecule has 12 nitrogen and oxygen atoms in total. The Kier molecular flexibility index (Phi) is 8.58. The van der Waals surface area contributed by atoms with Crippen molar-refractivity contribution in [2.24, 2.45) is 0 Å². The van der Waals surface area contributed by atoms with E-state index < -0.39 is 10.9 Å². The van der Waals surface area contributed by atoms with Gasteiger partial charge in [-0.05, 0) is 32.3 Å². The molecule has 0 aliphatic rings. The minimum Gasteiger partial charge on any atom is -0.461 e. The van der Waals surface area contributed by atoms with Gasteiger partial charge >= 0.3 is 5.97 Å². The summed E-state index contributed by atoms with van der Waals surface area (Å²) in [4.78, 5) is 37.5. The third-order valence-corrected chi connectivity index (χ3v) is 4.74. The fourth-order valence-electron chi connectivity index (χ4n) is 2.90. The van der Waals surface area contributed by atoms with Gasteiger partial charge in [-0.1, -0.05) is 12.1 Å². The number of benzene rings is 1. The van der Waals surface area contributed by atoms with E-state index in [2.05, 4.69) is 31.7 Å². The number of carbonyl (C=O) groups is 1. The first kappa shape index (κ1) is 25.0. The number of nitro groups is 1. The number of aromatic nitrogens is 3. The number of nitrogens with zero attached hydrogens (tertiary/aromatic N) is 6. The van der Waals surface area contributed by atoms with Crippen LogP contribution < -0.4 is 10.6 Å². The maximum Gasteiger partial charge on any atom is 0.341 e. The number of ether oxygens (including phenoxy) is 1. The standard InChI is InChI=1S/C23H24N8O4/c1-30(2)11-12-35-22(32)19-15-28-23(29-21(19)17-5-3-16(13-24)4-6-17)26-10-9-25-20-8-7-18(14-27-20)31(33)34/h3-8,14-15H,9-12H2,1-2H3,(H,25,27)(H,26,28,29). The molecule has 0 radical (unpaired) electrons. The van der Waals surface area contributed by atoms with Crippen LogP contribution in [0.1, 0.15) is 15.9 Å². The molecule has 2 aromatic heterocycles. The fraction of sp³-hybridized carbons (Fsp3) is 0.261. The molecule has 0 spiro atoms. The zero-order valence-electron chi connectivity index (χ0n) is 19.3. The van der Waals surface area contributed by atoms with Crippen LogP contribution in [0.5, 0.6) is 0 Å². The number of hydrogen-bond donors (Lipinski definition) is 2. The molecule has 12 heteroatoms. The lowest BCUT2D eigenvalue weighted by molar-refractivity contribution is -0.385. The first-order chi connectivity index (χ1) is 16.9. The van der Waals surface area contributed by atoms with E-state index in [4.69, 9.17) is 10.00 Å². The van der Waals surface area contributed by atoms with Crippen molar-refractivity contribution in [1.82, 2.24) is 19.9 Å². The van der Waals surface area contributed by atoms with Gasteiger partial charge < -0.3 is 20.3 Å². The molecule has 0 aliphatic heterocycles. The largest absolute Gasteiger partial charge is 0.461 e. The van der Waals surface area contributed by atoms with E-state index in [0.29, 0.717) is 48.2 Å². The van der Waals surface area contributed by atoms with Crippen molar-refractivity contribution in [2.45, 2.75) is 0 Å². The molecule has 0 bridgehead atoms. The van der Waals surface area contributed by atoms with Gasteiger partial charge in [0.15, 0.2) is 0 Å². The van der Waals surface area contributed by atoms with Crippen LogP contribution in [0.3, 0.4) is 0 Å². The molecule has 0 atom stereocenters. The third kappa shape index (κ3) is 7.18. The lowest BCUT2D eigenvalue weighted by atomic mass is 10.1. The molecule has 0 unspecified atom stereocenters. The first-order valence-corrected chi connectivity index (χ1v) is 10.6. The first-order valence-electron chi connectivity index (χ1n) is 10.6. The average molecular weight is 476 g/mol. The second-order valence-corrected chi connectivity index (χ2v) is 7.60. The summed E-state index contributed by atoms with van der Waals surface area (Å²) in [7, 11) is 3.76. The number of likely N-dealkylation sites (N-methyl/N-ethyl adjacent to an activating group) is 1. The Bertz CT molecular complexity index is 1210. The van der Waals surface area contributed by atoms with E-state index in [-0.39, 0.29) is 17.9 Å². The molecule has 35 heavy (non-hydrogen) atoms. The number of carbonyl (C=O) groups excluding carboxylic acids is 1. The van der Waals surface area contributed by atoms with Gasteiger partial charge in [0.1, 0.15) is 24.2 Å². The number of nitriles is 1. The Morgan fingerprint density at radius 3 is 2.49 bits per heavy atom. The SMILES string of the molecule is CN(C)CCOC(=O)c1cnc(NCCNc2ccc([N+](=O)[O-])cn2)nc1-c1ccc(C#N)cc1. The van der Waals surface area contributed by atoms with Gasteiger partial charge in [-0.3, -0.25) is 10.1 Å². The van der Waals surface area contributed by atoms with Crippen molar-refractivity contribution in [3.8, 4) is 17.3 Å². The van der Waals surface area contributed by atoms with Crippen LogP contribution in [-0.2, 0) is 4.74 Å². The highest BCUT2D eigenvalue weighted by molar-refractivity contribution is 5.96. The highest BCUT2D eigenvalue weighted by Crippen LogP contribution is 2.24. The Morgan fingerprint density at radius 1 is 1.11 bits per heavy atom. The lowest BCUT2D eigenvalue weighted by Crippen LogP contribution is -2.21. The van der Waals surface area contributed by atoms with Crippen LogP contribution in [0.4, 0.5) is 17.5 Å². The lowest BCUT2D eigenvalue weighted by Gasteiger charge is -2.13. The van der Waals surface area contributed by atoms with E-state index in [0.717, 1.165) is 0 Å². The van der Waals surface area contributed by atoms with Gasteiger partial charge in [0.05, 0.1) is 22.2 Å². The van der Waals surface area contributed by atoms with Crippen molar-refractivity contribution in [1.29, 1.82) is 5.26 Å². The normalized spacial score (nSPS) is 10.5.